The number of carbonyl (C=O) groups excluding carboxylic acids is 1. The van der Waals surface area contributed by atoms with Crippen LogP contribution in [-0.4, -0.2) is 51.0 Å². The Labute approximate surface area is 229 Å². The highest BCUT2D eigenvalue weighted by Gasteiger charge is 2.39. The first kappa shape index (κ1) is 30.8. The van der Waals surface area contributed by atoms with Crippen LogP contribution in [0.2, 0.25) is 5.28 Å². The number of thiol groups is 1. The van der Waals surface area contributed by atoms with Crippen LogP contribution in [0.3, 0.4) is 0 Å². The van der Waals surface area contributed by atoms with Crippen molar-refractivity contribution >= 4 is 33.3 Å². The monoisotopic (exact) mass is 610 g/mol. The van der Waals surface area contributed by atoms with Gasteiger partial charge in [0.05, 0.1) is 30.4 Å². The fourth-order valence-corrected chi connectivity index (χ4v) is 4.92. The fourth-order valence-electron chi connectivity index (χ4n) is 3.33. The van der Waals surface area contributed by atoms with E-state index in [-0.39, 0.29) is 53.2 Å². The third-order valence-corrected chi connectivity index (χ3v) is 6.68. The largest absolute Gasteiger partial charge is 0.493 e. The molecule has 0 aliphatic rings. The van der Waals surface area contributed by atoms with Crippen LogP contribution in [0.15, 0.2) is 47.0 Å². The summed E-state index contributed by atoms with van der Waals surface area (Å²) in [5, 5.41) is 11.1. The van der Waals surface area contributed by atoms with Crippen LogP contribution in [0, 0.1) is 21.7 Å². The van der Waals surface area contributed by atoms with Crippen molar-refractivity contribution in [3.63, 3.8) is 0 Å². The molecule has 17 heteroatoms. The van der Waals surface area contributed by atoms with E-state index in [1.54, 1.807) is 0 Å². The second kappa shape index (κ2) is 12.6. The number of nitro benzene ring substituents is 1. The second-order valence-corrected chi connectivity index (χ2v) is 11.3. The summed E-state index contributed by atoms with van der Waals surface area (Å²) in [6.45, 7) is -0.154. The molecular weight excluding hydrogens is 591 g/mol. The summed E-state index contributed by atoms with van der Waals surface area (Å²) in [6.07, 6.45) is -3.32. The van der Waals surface area contributed by atoms with Crippen molar-refractivity contribution in [1.29, 1.82) is 0 Å². The molecule has 3 aromatic rings. The molecule has 2 aromatic carbocycles. The van der Waals surface area contributed by atoms with Crippen LogP contribution in [0.5, 0.6) is 11.5 Å². The molecule has 1 heterocycles. The average Bonchev–Trinajstić information content (AvgIpc) is 2.84. The van der Waals surface area contributed by atoms with Gasteiger partial charge in [-0.2, -0.15) is 17.5 Å². The van der Waals surface area contributed by atoms with Crippen molar-refractivity contribution in [1.82, 2.24) is 9.97 Å². The lowest BCUT2D eigenvalue weighted by atomic mass is 10.1. The van der Waals surface area contributed by atoms with E-state index in [9.17, 15) is 41.4 Å². The van der Waals surface area contributed by atoms with Gasteiger partial charge in [0.15, 0.2) is 5.82 Å². The summed E-state index contributed by atoms with van der Waals surface area (Å²) in [6, 6.07) is 6.67. The van der Waals surface area contributed by atoms with Crippen molar-refractivity contribution in [2.24, 2.45) is 4.36 Å². The van der Waals surface area contributed by atoms with Crippen LogP contribution in [0.1, 0.15) is 12.0 Å². The van der Waals surface area contributed by atoms with E-state index < -0.39 is 50.2 Å². The molecule has 0 aliphatic carbocycles. The van der Waals surface area contributed by atoms with Gasteiger partial charge in [-0.15, -0.1) is 10.1 Å². The number of hydrogen-bond donors (Lipinski definition) is 2. The summed E-state index contributed by atoms with van der Waals surface area (Å²) in [7, 11) is -3.82. The molecule has 0 bridgehead atoms. The topological polar surface area (TPSA) is 137 Å². The van der Waals surface area contributed by atoms with Crippen LogP contribution in [0.25, 0.3) is 11.3 Å². The molecule has 0 fully saturated rings. The Hall–Kier alpha value is -3.76. The van der Waals surface area contributed by atoms with E-state index in [1.807, 2.05) is 0 Å². The van der Waals surface area contributed by atoms with Crippen LogP contribution >= 0.6 is 11.6 Å². The number of benzene rings is 2. The van der Waals surface area contributed by atoms with Crippen molar-refractivity contribution in [3.8, 4) is 22.8 Å². The number of aromatic nitrogens is 2. The standard InChI is InChI=1S/C23H20ClF5N4O6S/c1-40(37,32-21(34)23(27,28)29)12-13-7-15(33(35)36)10-16(8-13)38-5-2-6-39-19-9-14(25)3-4-17(19)20-18(26)11-30-22(24)31-20/h3-4,7-11,40H,2,5-6,12H2,1H3,(H,32,34,37). The molecule has 0 saturated heterocycles. The third kappa shape index (κ3) is 8.62. The maximum Gasteiger partial charge on any atom is 0.474 e. The molecule has 0 atom stereocenters. The predicted octanol–water partition coefficient (Wildman–Crippen LogP) is 5.59. The van der Waals surface area contributed by atoms with E-state index in [0.717, 1.165) is 36.7 Å². The van der Waals surface area contributed by atoms with Crippen molar-refractivity contribution in [3.05, 3.63) is 75.2 Å². The number of alkyl halides is 3. The third-order valence-electron chi connectivity index (χ3n) is 4.92. The Morgan fingerprint density at radius 3 is 2.55 bits per heavy atom. The quantitative estimate of drug-likeness (QED) is 0.0757. The van der Waals surface area contributed by atoms with Gasteiger partial charge in [0.1, 0.15) is 23.0 Å². The fraction of sp³-hybridized carbons (Fsp3) is 0.261. The Morgan fingerprint density at radius 2 is 1.88 bits per heavy atom. The first-order chi connectivity index (χ1) is 18.6. The maximum absolute atomic E-state index is 14.2. The first-order valence-electron chi connectivity index (χ1n) is 11.1. The molecule has 10 nitrogen and oxygen atoms in total. The summed E-state index contributed by atoms with van der Waals surface area (Å²) >= 11 is 5.73. The van der Waals surface area contributed by atoms with E-state index in [4.69, 9.17) is 21.1 Å². The highest BCUT2D eigenvalue weighted by Crippen LogP contribution is 2.32. The molecule has 1 amide bonds. The Bertz CT molecular complexity index is 1480. The maximum atomic E-state index is 14.2. The molecule has 0 saturated carbocycles. The number of rotatable bonds is 10. The van der Waals surface area contributed by atoms with Gasteiger partial charge >= 0.3 is 12.1 Å². The lowest BCUT2D eigenvalue weighted by Gasteiger charge is -2.19. The van der Waals surface area contributed by atoms with E-state index in [2.05, 4.69) is 14.3 Å². The van der Waals surface area contributed by atoms with Crippen LogP contribution in [-0.2, 0) is 20.7 Å². The lowest BCUT2D eigenvalue weighted by molar-refractivity contribution is -0.385. The van der Waals surface area contributed by atoms with Gasteiger partial charge < -0.3 is 14.0 Å². The van der Waals surface area contributed by atoms with Gasteiger partial charge in [0.25, 0.3) is 5.69 Å². The molecule has 0 radical (unpaired) electrons. The highest BCUT2D eigenvalue weighted by molar-refractivity contribution is 7.98. The number of halogens is 6. The number of ether oxygens (including phenoxy) is 2. The van der Waals surface area contributed by atoms with Gasteiger partial charge in [0.2, 0.25) is 5.28 Å². The van der Waals surface area contributed by atoms with E-state index in [1.165, 1.54) is 12.1 Å². The molecule has 0 unspecified atom stereocenters. The summed E-state index contributed by atoms with van der Waals surface area (Å²) < 4.78 is 89.8. The highest BCUT2D eigenvalue weighted by atomic mass is 35.5. The van der Waals surface area contributed by atoms with Gasteiger partial charge in [0, 0.05) is 29.9 Å². The number of amides is 1. The number of carbonyl (C=O) groups is 1. The Morgan fingerprint density at radius 1 is 1.18 bits per heavy atom. The summed E-state index contributed by atoms with van der Waals surface area (Å²) in [4.78, 5) is 29.0. The number of non-ortho nitro benzene ring substituents is 1. The minimum atomic E-state index is -5.27. The number of nitro groups is 1. The molecular formula is C23H20ClF5N4O6S. The molecule has 216 valence electrons. The SMILES string of the molecule is C[SH](O)(Cc1cc(OCCCOc2cc(F)ccc2-c2nc(Cl)ncc2F)cc([N+](=O)[O-])c1)=NC(=O)C(F)(F)F. The molecule has 3 rings (SSSR count). The number of hydrogen-bond acceptors (Lipinski definition) is 7. The van der Waals surface area contributed by atoms with Gasteiger partial charge in [-0.05, 0) is 41.6 Å². The second-order valence-electron chi connectivity index (χ2n) is 8.27. The van der Waals surface area contributed by atoms with Crippen molar-refractivity contribution in [2.45, 2.75) is 18.3 Å². The van der Waals surface area contributed by atoms with E-state index >= 15 is 0 Å². The van der Waals surface area contributed by atoms with Crippen LogP contribution in [0.4, 0.5) is 27.6 Å². The predicted molar refractivity (Wildman–Crippen MR) is 136 cm³/mol. The lowest BCUT2D eigenvalue weighted by Crippen LogP contribution is -2.24. The molecule has 1 aromatic heterocycles. The zero-order valence-corrected chi connectivity index (χ0v) is 22.0. The smallest absolute Gasteiger partial charge is 0.474 e. The van der Waals surface area contributed by atoms with Gasteiger partial charge in [-0.25, -0.2) is 18.7 Å². The van der Waals surface area contributed by atoms with Crippen molar-refractivity contribution < 1.29 is 45.7 Å². The zero-order chi connectivity index (χ0) is 29.7. The van der Waals surface area contributed by atoms with Crippen molar-refractivity contribution in [2.75, 3.05) is 19.5 Å². The number of nitrogens with zero attached hydrogens (tertiary/aromatic N) is 4. The molecule has 40 heavy (non-hydrogen) atoms. The van der Waals surface area contributed by atoms with Crippen LogP contribution < -0.4 is 9.47 Å². The normalized spacial score (nSPS) is 12.1. The molecule has 1 N–H and O–H groups in total. The first-order valence-corrected chi connectivity index (χ1v) is 13.8. The Balaban J connectivity index is 1.69. The summed E-state index contributed by atoms with van der Waals surface area (Å²) in [5.74, 6) is -4.59. The average molecular weight is 611 g/mol. The van der Waals surface area contributed by atoms with Gasteiger partial charge in [-0.1, -0.05) is 0 Å². The van der Waals surface area contributed by atoms with Gasteiger partial charge in [-0.3, -0.25) is 14.9 Å². The zero-order valence-electron chi connectivity index (χ0n) is 20.4. The minimum absolute atomic E-state index is 0.0208. The molecule has 0 spiro atoms. The minimum Gasteiger partial charge on any atom is -0.493 e. The molecule has 0 aliphatic heterocycles. The van der Waals surface area contributed by atoms with E-state index in [0.29, 0.717) is 0 Å². The summed E-state index contributed by atoms with van der Waals surface area (Å²) in [5.41, 5.74) is -0.552. The Kier molecular flexibility index (Phi) is 9.70.